The Kier molecular flexibility index (Phi) is 9.49. The number of hydrogen-bond acceptors (Lipinski definition) is 2. The van der Waals surface area contributed by atoms with Crippen LogP contribution in [0, 0.1) is 5.92 Å². The summed E-state index contributed by atoms with van der Waals surface area (Å²) in [4.78, 5) is 0. The molecular weight excluding hydrogens is 476 g/mol. The molecule has 0 spiro atoms. The highest BCUT2D eigenvalue weighted by Gasteiger charge is 2.41. The zero-order valence-electron chi connectivity index (χ0n) is 28.1. The van der Waals surface area contributed by atoms with Crippen LogP contribution in [-0.4, -0.2) is 10.2 Å². The molecule has 0 aliphatic heterocycles. The number of benzene rings is 2. The van der Waals surface area contributed by atoms with Gasteiger partial charge in [0.15, 0.2) is 0 Å². The summed E-state index contributed by atoms with van der Waals surface area (Å²) >= 11 is 0. The van der Waals surface area contributed by atoms with Crippen molar-refractivity contribution >= 4 is 0 Å². The van der Waals surface area contributed by atoms with Gasteiger partial charge < -0.3 is 10.2 Å². The fraction of sp³-hybridized carbons (Fsp3) is 0.676. The number of rotatable bonds is 7. The molecule has 0 aliphatic rings. The second-order valence-corrected chi connectivity index (χ2v) is 16.3. The highest BCUT2D eigenvalue weighted by molar-refractivity contribution is 5.57. The van der Waals surface area contributed by atoms with Crippen molar-refractivity contribution in [2.75, 3.05) is 0 Å². The average molecular weight is 537 g/mol. The molecule has 2 N–H and O–H groups in total. The first-order valence-corrected chi connectivity index (χ1v) is 15.3. The predicted molar refractivity (Wildman–Crippen MR) is 171 cm³/mol. The van der Waals surface area contributed by atoms with Gasteiger partial charge in [0.05, 0.1) is 0 Å². The van der Waals surface area contributed by atoms with E-state index in [1.54, 1.807) is 0 Å². The van der Waals surface area contributed by atoms with Crippen LogP contribution >= 0.6 is 0 Å². The highest BCUT2D eigenvalue weighted by atomic mass is 16.3. The normalized spacial score (nSPS) is 14.5. The molecule has 2 rings (SSSR count). The Hall–Kier alpha value is -1.96. The summed E-state index contributed by atoms with van der Waals surface area (Å²) in [5.41, 5.74) is 5.46. The van der Waals surface area contributed by atoms with Crippen LogP contribution in [0.5, 0.6) is 11.5 Å². The Labute approximate surface area is 241 Å². The van der Waals surface area contributed by atoms with E-state index in [2.05, 4.69) is 128 Å². The van der Waals surface area contributed by atoms with Gasteiger partial charge in [0, 0.05) is 5.41 Å². The third-order valence-corrected chi connectivity index (χ3v) is 8.87. The molecule has 0 saturated carbocycles. The third-order valence-electron chi connectivity index (χ3n) is 8.87. The number of unbranched alkanes of at least 4 members (excludes halogenated alkanes) is 1. The monoisotopic (exact) mass is 536 g/mol. The van der Waals surface area contributed by atoms with Gasteiger partial charge in [-0.25, -0.2) is 0 Å². The minimum absolute atomic E-state index is 0.200. The lowest BCUT2D eigenvalue weighted by molar-refractivity contribution is 0.302. The van der Waals surface area contributed by atoms with Crippen molar-refractivity contribution in [2.24, 2.45) is 5.92 Å². The predicted octanol–water partition coefficient (Wildman–Crippen LogP) is 10.8. The van der Waals surface area contributed by atoms with Gasteiger partial charge in [-0.15, -0.1) is 0 Å². The first-order chi connectivity index (χ1) is 17.5. The van der Waals surface area contributed by atoms with E-state index in [0.29, 0.717) is 17.4 Å². The van der Waals surface area contributed by atoms with Crippen molar-refractivity contribution in [3.05, 3.63) is 57.6 Å². The van der Waals surface area contributed by atoms with Gasteiger partial charge in [-0.05, 0) is 67.4 Å². The van der Waals surface area contributed by atoms with Crippen LogP contribution in [0.15, 0.2) is 24.3 Å². The zero-order chi connectivity index (χ0) is 30.4. The lowest BCUT2D eigenvalue weighted by atomic mass is 9.61. The lowest BCUT2D eigenvalue weighted by Gasteiger charge is -2.42. The van der Waals surface area contributed by atoms with Crippen molar-refractivity contribution in [3.8, 4) is 11.5 Å². The number of hydrogen-bond donors (Lipinski definition) is 2. The summed E-state index contributed by atoms with van der Waals surface area (Å²) in [6.45, 7) is 33.4. The Balaban J connectivity index is 3.18. The summed E-state index contributed by atoms with van der Waals surface area (Å²) in [5, 5.41) is 23.1. The molecule has 2 nitrogen and oxygen atoms in total. The molecule has 2 aromatic rings. The van der Waals surface area contributed by atoms with E-state index in [1.807, 2.05) is 0 Å². The van der Waals surface area contributed by atoms with Gasteiger partial charge >= 0.3 is 0 Å². The van der Waals surface area contributed by atoms with Gasteiger partial charge in [0.1, 0.15) is 11.5 Å². The number of phenols is 2. The maximum absolute atomic E-state index is 11.6. The van der Waals surface area contributed by atoms with E-state index in [9.17, 15) is 10.2 Å². The Morgan fingerprint density at radius 2 is 0.821 bits per heavy atom. The van der Waals surface area contributed by atoms with E-state index in [0.717, 1.165) is 35.1 Å². The maximum Gasteiger partial charge on any atom is 0.123 e. The molecule has 1 unspecified atom stereocenters. The van der Waals surface area contributed by atoms with E-state index < -0.39 is 0 Å². The van der Waals surface area contributed by atoms with Crippen LogP contribution in [0.2, 0.25) is 0 Å². The van der Waals surface area contributed by atoms with Gasteiger partial charge in [-0.2, -0.15) is 0 Å². The molecule has 0 heterocycles. The first kappa shape index (κ1) is 33.2. The fourth-order valence-corrected chi connectivity index (χ4v) is 6.15. The molecule has 0 fully saturated rings. The zero-order valence-corrected chi connectivity index (χ0v) is 28.1. The molecule has 0 bridgehead atoms. The molecule has 0 aliphatic carbocycles. The van der Waals surface area contributed by atoms with Crippen LogP contribution in [0.1, 0.15) is 163 Å². The fourth-order valence-electron chi connectivity index (χ4n) is 6.15. The molecule has 0 aromatic heterocycles. The van der Waals surface area contributed by atoms with Crippen molar-refractivity contribution in [1.82, 2.24) is 0 Å². The SMILES string of the molecule is CCCCC(CC)C(C)(c1cc(C(C)(C)C)c(O)c(C(C)(C)C)c1)c1cc(C(C)(C)C)c(O)c(C(C)(C)C)c1. The summed E-state index contributed by atoms with van der Waals surface area (Å²) < 4.78 is 0. The lowest BCUT2D eigenvalue weighted by Crippen LogP contribution is -2.35. The van der Waals surface area contributed by atoms with Crippen molar-refractivity contribution in [1.29, 1.82) is 0 Å². The quantitative estimate of drug-likeness (QED) is 0.369. The van der Waals surface area contributed by atoms with Gasteiger partial charge in [-0.3, -0.25) is 0 Å². The van der Waals surface area contributed by atoms with Crippen molar-refractivity contribution in [2.45, 2.75) is 157 Å². The minimum atomic E-state index is -0.300. The topological polar surface area (TPSA) is 40.5 Å². The van der Waals surface area contributed by atoms with Gasteiger partial charge in [0.25, 0.3) is 0 Å². The minimum Gasteiger partial charge on any atom is -0.507 e. The van der Waals surface area contributed by atoms with Crippen LogP contribution in [0.25, 0.3) is 0 Å². The molecule has 2 aromatic carbocycles. The summed E-state index contributed by atoms with van der Waals surface area (Å²) in [7, 11) is 0. The summed E-state index contributed by atoms with van der Waals surface area (Å²) in [6.07, 6.45) is 4.54. The van der Waals surface area contributed by atoms with Crippen molar-refractivity contribution in [3.63, 3.8) is 0 Å². The average Bonchev–Trinajstić information content (AvgIpc) is 2.76. The molecule has 0 saturated heterocycles. The first-order valence-electron chi connectivity index (χ1n) is 15.3. The van der Waals surface area contributed by atoms with Crippen LogP contribution < -0.4 is 0 Å². The van der Waals surface area contributed by atoms with Gasteiger partial charge in [0.2, 0.25) is 0 Å². The Morgan fingerprint density at radius 3 is 1.03 bits per heavy atom. The van der Waals surface area contributed by atoms with Crippen LogP contribution in [0.3, 0.4) is 0 Å². The second kappa shape index (κ2) is 11.1. The van der Waals surface area contributed by atoms with Crippen LogP contribution in [0.4, 0.5) is 0 Å². The maximum atomic E-state index is 11.6. The molecule has 1 atom stereocenters. The summed E-state index contributed by atoms with van der Waals surface area (Å²) in [5.74, 6) is 1.27. The van der Waals surface area contributed by atoms with E-state index >= 15 is 0 Å². The van der Waals surface area contributed by atoms with Crippen molar-refractivity contribution < 1.29 is 10.2 Å². The largest absolute Gasteiger partial charge is 0.507 e. The molecular formula is C37H60O2. The smallest absolute Gasteiger partial charge is 0.123 e. The molecule has 2 heteroatoms. The standard InChI is InChI=1S/C37H60O2/c1-16-18-19-24(17-2)37(15,25-20-27(33(3,4)5)31(38)28(21-25)34(6,7)8)26-22-29(35(9,10)11)32(39)30(23-26)36(12,13)14/h20-24,38-39H,16-19H2,1-15H3. The highest BCUT2D eigenvalue weighted by Crippen LogP contribution is 2.51. The Bertz CT molecular complexity index is 988. The number of aromatic hydroxyl groups is 2. The molecule has 220 valence electrons. The summed E-state index contributed by atoms with van der Waals surface area (Å²) in [6, 6.07) is 9.16. The Morgan fingerprint density at radius 1 is 0.538 bits per heavy atom. The van der Waals surface area contributed by atoms with E-state index in [1.165, 1.54) is 24.0 Å². The van der Waals surface area contributed by atoms with E-state index in [-0.39, 0.29) is 27.1 Å². The second-order valence-electron chi connectivity index (χ2n) is 16.3. The molecule has 0 amide bonds. The number of phenolic OH excluding ortho intramolecular Hbond substituents is 2. The van der Waals surface area contributed by atoms with E-state index in [4.69, 9.17) is 0 Å². The molecule has 0 radical (unpaired) electrons. The van der Waals surface area contributed by atoms with Gasteiger partial charge in [-0.1, -0.05) is 147 Å². The molecule has 39 heavy (non-hydrogen) atoms. The van der Waals surface area contributed by atoms with Crippen LogP contribution in [-0.2, 0) is 27.1 Å². The third kappa shape index (κ3) is 6.86.